The SMILES string of the molecule is COc1cc2c(cc1B1OC(C)(C)C(C)(C)O1)CN(C(=O)OC(C)(C)C)C2. The minimum absolute atomic E-state index is 0.310. The standard InChI is InChI=1S/C20H30BNO5/c1-18(2,3)25-17(23)22-11-13-9-15(16(24-8)10-14(13)12-22)21-26-19(4,5)20(6,7)27-21/h9-10H,11-12H2,1-8H3. The molecule has 0 unspecified atom stereocenters. The second-order valence-corrected chi connectivity index (χ2v) is 9.29. The van der Waals surface area contributed by atoms with Crippen LogP contribution in [-0.2, 0) is 27.1 Å². The molecule has 6 nitrogen and oxygen atoms in total. The van der Waals surface area contributed by atoms with E-state index in [1.165, 1.54) is 0 Å². The number of hydrogen-bond donors (Lipinski definition) is 0. The Labute approximate surface area is 162 Å². The first-order valence-corrected chi connectivity index (χ1v) is 9.36. The van der Waals surface area contributed by atoms with E-state index in [2.05, 4.69) is 0 Å². The Morgan fingerprint density at radius 3 is 2.07 bits per heavy atom. The molecule has 0 saturated carbocycles. The Balaban J connectivity index is 1.86. The second-order valence-electron chi connectivity index (χ2n) is 9.29. The first-order valence-electron chi connectivity index (χ1n) is 9.36. The summed E-state index contributed by atoms with van der Waals surface area (Å²) < 4.78 is 23.5. The fraction of sp³-hybridized carbons (Fsp3) is 0.650. The van der Waals surface area contributed by atoms with Crippen LogP contribution in [0, 0.1) is 0 Å². The fourth-order valence-corrected chi connectivity index (χ4v) is 3.23. The number of hydrogen-bond acceptors (Lipinski definition) is 5. The minimum Gasteiger partial charge on any atom is -0.497 e. The summed E-state index contributed by atoms with van der Waals surface area (Å²) in [6.45, 7) is 14.7. The van der Waals surface area contributed by atoms with E-state index in [0.29, 0.717) is 18.8 Å². The molecule has 2 aliphatic rings. The normalized spacial score (nSPS) is 20.6. The van der Waals surface area contributed by atoms with Gasteiger partial charge in [0, 0.05) is 18.6 Å². The molecule has 2 aliphatic heterocycles. The predicted molar refractivity (Wildman–Crippen MR) is 104 cm³/mol. The van der Waals surface area contributed by atoms with Crippen molar-refractivity contribution in [1.82, 2.24) is 4.90 Å². The van der Waals surface area contributed by atoms with Gasteiger partial charge < -0.3 is 18.8 Å². The van der Waals surface area contributed by atoms with Crippen LogP contribution in [0.1, 0.15) is 59.6 Å². The molecule has 27 heavy (non-hydrogen) atoms. The van der Waals surface area contributed by atoms with E-state index in [4.69, 9.17) is 18.8 Å². The van der Waals surface area contributed by atoms with Crippen molar-refractivity contribution in [3.05, 3.63) is 23.3 Å². The zero-order valence-corrected chi connectivity index (χ0v) is 17.6. The van der Waals surface area contributed by atoms with Gasteiger partial charge in [0.15, 0.2) is 0 Å². The minimum atomic E-state index is -0.516. The molecule has 148 valence electrons. The van der Waals surface area contributed by atoms with Crippen LogP contribution < -0.4 is 10.2 Å². The van der Waals surface area contributed by atoms with Crippen LogP contribution in [0.3, 0.4) is 0 Å². The molecule has 0 spiro atoms. The summed E-state index contributed by atoms with van der Waals surface area (Å²) in [5.74, 6) is 0.707. The molecule has 0 aromatic heterocycles. The number of carbonyl (C=O) groups is 1. The lowest BCUT2D eigenvalue weighted by Crippen LogP contribution is -2.41. The summed E-state index contributed by atoms with van der Waals surface area (Å²) in [4.78, 5) is 14.1. The molecule has 0 radical (unpaired) electrons. The van der Waals surface area contributed by atoms with Crippen molar-refractivity contribution < 1.29 is 23.6 Å². The van der Waals surface area contributed by atoms with Crippen LogP contribution in [0.5, 0.6) is 5.75 Å². The van der Waals surface area contributed by atoms with Crippen molar-refractivity contribution in [2.75, 3.05) is 7.11 Å². The quantitative estimate of drug-likeness (QED) is 0.743. The maximum atomic E-state index is 12.4. The van der Waals surface area contributed by atoms with Crippen LogP contribution in [-0.4, -0.2) is 42.0 Å². The molecule has 0 aliphatic carbocycles. The van der Waals surface area contributed by atoms with Gasteiger partial charge in [-0.3, -0.25) is 4.90 Å². The zero-order valence-electron chi connectivity index (χ0n) is 17.6. The summed E-state index contributed by atoms with van der Waals surface area (Å²) in [6, 6.07) is 4.00. The lowest BCUT2D eigenvalue weighted by atomic mass is 9.77. The molecular weight excluding hydrogens is 345 g/mol. The van der Waals surface area contributed by atoms with E-state index in [1.807, 2.05) is 60.6 Å². The van der Waals surface area contributed by atoms with Gasteiger partial charge in [0.05, 0.1) is 18.3 Å². The molecule has 0 atom stereocenters. The van der Waals surface area contributed by atoms with Gasteiger partial charge in [0.25, 0.3) is 0 Å². The van der Waals surface area contributed by atoms with Gasteiger partial charge in [-0.25, -0.2) is 4.79 Å². The Kier molecular flexibility index (Phi) is 4.76. The van der Waals surface area contributed by atoms with E-state index < -0.39 is 23.9 Å². The largest absolute Gasteiger partial charge is 0.498 e. The molecule has 1 aromatic rings. The summed E-state index contributed by atoms with van der Waals surface area (Å²) in [5, 5.41) is 0. The lowest BCUT2D eigenvalue weighted by molar-refractivity contribution is 0.00578. The highest BCUT2D eigenvalue weighted by Gasteiger charge is 2.52. The Bertz CT molecular complexity index is 737. The van der Waals surface area contributed by atoms with E-state index in [1.54, 1.807) is 12.0 Å². The number of nitrogens with zero attached hydrogens (tertiary/aromatic N) is 1. The van der Waals surface area contributed by atoms with Gasteiger partial charge >= 0.3 is 13.2 Å². The first-order chi connectivity index (χ1) is 12.3. The van der Waals surface area contributed by atoms with Crippen LogP contribution >= 0.6 is 0 Å². The van der Waals surface area contributed by atoms with E-state index in [-0.39, 0.29) is 6.09 Å². The summed E-state index contributed by atoms with van der Waals surface area (Å²) in [6.07, 6.45) is -0.310. The van der Waals surface area contributed by atoms with Crippen molar-refractivity contribution in [2.24, 2.45) is 0 Å². The lowest BCUT2D eigenvalue weighted by Gasteiger charge is -2.32. The highest BCUT2D eigenvalue weighted by atomic mass is 16.7. The topological polar surface area (TPSA) is 57.2 Å². The molecule has 1 amide bonds. The monoisotopic (exact) mass is 375 g/mol. The maximum absolute atomic E-state index is 12.4. The average Bonchev–Trinajstić information content (AvgIpc) is 3.02. The first kappa shape index (κ1) is 20.0. The summed E-state index contributed by atoms with van der Waals surface area (Å²) in [7, 11) is 1.13. The number of rotatable bonds is 2. The number of amides is 1. The molecule has 1 aromatic carbocycles. The van der Waals surface area contributed by atoms with E-state index in [9.17, 15) is 4.79 Å². The van der Waals surface area contributed by atoms with Crippen LogP contribution in [0.25, 0.3) is 0 Å². The molecule has 7 heteroatoms. The van der Waals surface area contributed by atoms with Crippen LogP contribution in [0.4, 0.5) is 4.79 Å². The zero-order chi connectivity index (χ0) is 20.2. The van der Waals surface area contributed by atoms with Crippen LogP contribution in [0.2, 0.25) is 0 Å². The van der Waals surface area contributed by atoms with Crippen molar-refractivity contribution >= 4 is 18.7 Å². The maximum Gasteiger partial charge on any atom is 0.498 e. The molecule has 3 rings (SSSR count). The summed E-state index contributed by atoms with van der Waals surface area (Å²) >= 11 is 0. The number of ether oxygens (including phenoxy) is 2. The van der Waals surface area contributed by atoms with Gasteiger partial charge in [-0.05, 0) is 65.7 Å². The van der Waals surface area contributed by atoms with Gasteiger partial charge in [0.2, 0.25) is 0 Å². The van der Waals surface area contributed by atoms with Crippen molar-refractivity contribution in [2.45, 2.75) is 78.4 Å². The Morgan fingerprint density at radius 2 is 1.59 bits per heavy atom. The van der Waals surface area contributed by atoms with Gasteiger partial charge in [-0.1, -0.05) is 6.07 Å². The highest BCUT2D eigenvalue weighted by Crippen LogP contribution is 2.38. The van der Waals surface area contributed by atoms with Gasteiger partial charge in [0.1, 0.15) is 11.4 Å². The molecule has 2 heterocycles. The summed E-state index contributed by atoms with van der Waals surface area (Å²) in [5.41, 5.74) is 1.59. The molecule has 0 N–H and O–H groups in total. The second kappa shape index (κ2) is 6.42. The van der Waals surface area contributed by atoms with Gasteiger partial charge in [-0.2, -0.15) is 0 Å². The Hall–Kier alpha value is -1.73. The molecular formula is C20H30BNO5. The third-order valence-corrected chi connectivity index (χ3v) is 5.43. The molecule has 1 fully saturated rings. The predicted octanol–water partition coefficient (Wildman–Crippen LogP) is 3.25. The number of carbonyl (C=O) groups excluding carboxylic acids is 1. The van der Waals surface area contributed by atoms with Crippen LogP contribution in [0.15, 0.2) is 12.1 Å². The van der Waals surface area contributed by atoms with E-state index >= 15 is 0 Å². The van der Waals surface area contributed by atoms with Crippen molar-refractivity contribution in [3.8, 4) is 5.75 Å². The van der Waals surface area contributed by atoms with Gasteiger partial charge in [-0.15, -0.1) is 0 Å². The highest BCUT2D eigenvalue weighted by molar-refractivity contribution is 6.63. The van der Waals surface area contributed by atoms with Crippen molar-refractivity contribution in [1.29, 1.82) is 0 Å². The van der Waals surface area contributed by atoms with E-state index in [0.717, 1.165) is 16.6 Å². The average molecular weight is 375 g/mol. The number of benzene rings is 1. The fourth-order valence-electron chi connectivity index (χ4n) is 3.23. The smallest absolute Gasteiger partial charge is 0.497 e. The number of methoxy groups -OCH3 is 1. The Morgan fingerprint density at radius 1 is 1.07 bits per heavy atom. The third kappa shape index (κ3) is 3.80. The molecule has 1 saturated heterocycles. The number of fused-ring (bicyclic) bond motifs is 1. The molecule has 0 bridgehead atoms. The third-order valence-electron chi connectivity index (χ3n) is 5.43. The van der Waals surface area contributed by atoms with Crippen molar-refractivity contribution in [3.63, 3.8) is 0 Å².